The Bertz CT molecular complexity index is 1700. The molecular weight excluding hydrogens is 557 g/mol. The van der Waals surface area contributed by atoms with Crippen molar-refractivity contribution in [2.75, 3.05) is 6.61 Å². The minimum Gasteiger partial charge on any atom is -0.360 e. The van der Waals surface area contributed by atoms with Crippen LogP contribution in [-0.4, -0.2) is 45.2 Å². The van der Waals surface area contributed by atoms with Crippen LogP contribution in [0.5, 0.6) is 0 Å². The Kier molecular flexibility index (Phi) is 7.33. The van der Waals surface area contributed by atoms with Crippen LogP contribution < -0.4 is 0 Å². The molecule has 1 unspecified atom stereocenters. The van der Waals surface area contributed by atoms with E-state index in [0.29, 0.717) is 12.8 Å². The van der Waals surface area contributed by atoms with Crippen molar-refractivity contribution in [2.24, 2.45) is 5.10 Å². The third kappa shape index (κ3) is 5.73. The molecule has 9 heteroatoms. The van der Waals surface area contributed by atoms with Gasteiger partial charge in [-0.05, 0) is 36.1 Å². The van der Waals surface area contributed by atoms with Crippen molar-refractivity contribution in [2.45, 2.75) is 70.3 Å². The molecule has 1 atom stereocenters. The van der Waals surface area contributed by atoms with Crippen LogP contribution in [0.3, 0.4) is 0 Å². The molecule has 7 rings (SSSR count). The van der Waals surface area contributed by atoms with E-state index in [0.717, 1.165) is 42.1 Å². The Hall–Kier alpha value is -3.53. The molecule has 42 heavy (non-hydrogen) atoms. The number of nitrogens with zero attached hydrogens (tertiary/aromatic N) is 6. The zero-order chi connectivity index (χ0) is 28.7. The highest BCUT2D eigenvalue weighted by molar-refractivity contribution is 7.19. The van der Waals surface area contributed by atoms with Crippen LogP contribution in [0.15, 0.2) is 78.0 Å². The average molecular weight is 595 g/mol. The molecule has 216 valence electrons. The molecule has 2 aliphatic rings. The first-order chi connectivity index (χ1) is 20.4. The number of hydrogen-bond donors (Lipinski definition) is 0. The van der Waals surface area contributed by atoms with Crippen molar-refractivity contribution in [1.29, 1.82) is 0 Å². The van der Waals surface area contributed by atoms with Crippen molar-refractivity contribution in [3.63, 3.8) is 0 Å². The van der Waals surface area contributed by atoms with Gasteiger partial charge in [0.15, 0.2) is 5.65 Å². The van der Waals surface area contributed by atoms with Gasteiger partial charge in [0.05, 0.1) is 41.3 Å². The Balaban J connectivity index is 1.20. The minimum absolute atomic E-state index is 0.0368. The number of rotatable bonds is 11. The molecule has 3 aromatic heterocycles. The summed E-state index contributed by atoms with van der Waals surface area (Å²) in [5.74, 6) is -0.0368. The first-order valence-corrected chi connectivity index (χ1v) is 19.5. The second-order valence-electron chi connectivity index (χ2n) is 12.7. The number of ether oxygens (including phenoxy) is 1. The smallest absolute Gasteiger partial charge is 0.152 e. The summed E-state index contributed by atoms with van der Waals surface area (Å²) in [6.07, 6.45) is 6.52. The summed E-state index contributed by atoms with van der Waals surface area (Å²) in [5.41, 5.74) is 7.16. The maximum Gasteiger partial charge on any atom is 0.152 e. The highest BCUT2D eigenvalue weighted by Gasteiger charge is 2.34. The van der Waals surface area contributed by atoms with E-state index in [1.165, 1.54) is 39.9 Å². The third-order valence-corrected chi connectivity index (χ3v) is 10.9. The predicted octanol–water partition coefficient (Wildman–Crippen LogP) is 7.47. The van der Waals surface area contributed by atoms with Crippen molar-refractivity contribution >= 4 is 36.0 Å². The van der Waals surface area contributed by atoms with Crippen LogP contribution in [0.4, 0.5) is 0 Å². The Labute approximate surface area is 252 Å². The van der Waals surface area contributed by atoms with Crippen molar-refractivity contribution in [1.82, 2.24) is 24.3 Å². The number of fused-ring (bicyclic) bond motifs is 3. The summed E-state index contributed by atoms with van der Waals surface area (Å²) < 4.78 is 11.7. The lowest BCUT2D eigenvalue weighted by Gasteiger charge is -2.24. The summed E-state index contributed by atoms with van der Waals surface area (Å²) in [6.45, 7) is 10.00. The normalized spacial score (nSPS) is 15.8. The molecule has 0 N–H and O–H groups in total. The SMILES string of the molecule is C[Si](C)(C)CCOCn1ccc(C(c2ccccc2)c2nc3c(s2)c2c(n3C3CC3)CN(Cc3ccccc3)N=C2)n1. The quantitative estimate of drug-likeness (QED) is 0.118. The Morgan fingerprint density at radius 2 is 1.76 bits per heavy atom. The number of aromatic nitrogens is 4. The number of benzene rings is 2. The number of hydrogen-bond acceptors (Lipinski definition) is 6. The maximum absolute atomic E-state index is 5.99. The van der Waals surface area contributed by atoms with Crippen LogP contribution >= 0.6 is 11.3 Å². The molecule has 7 nitrogen and oxygen atoms in total. The van der Waals surface area contributed by atoms with Gasteiger partial charge in [0.2, 0.25) is 0 Å². The molecule has 0 bridgehead atoms. The lowest BCUT2D eigenvalue weighted by Crippen LogP contribution is -2.23. The highest BCUT2D eigenvalue weighted by atomic mass is 32.1. The molecule has 0 amide bonds. The largest absolute Gasteiger partial charge is 0.360 e. The zero-order valence-corrected chi connectivity index (χ0v) is 26.4. The van der Waals surface area contributed by atoms with Gasteiger partial charge in [0, 0.05) is 32.5 Å². The molecule has 0 spiro atoms. The monoisotopic (exact) mass is 594 g/mol. The molecule has 1 aliphatic carbocycles. The molecule has 1 saturated carbocycles. The molecule has 5 aromatic rings. The van der Waals surface area contributed by atoms with Gasteiger partial charge in [-0.2, -0.15) is 10.2 Å². The third-order valence-electron chi connectivity index (χ3n) is 8.06. The van der Waals surface area contributed by atoms with Gasteiger partial charge in [-0.3, -0.25) is 5.01 Å². The molecule has 0 saturated heterocycles. The van der Waals surface area contributed by atoms with Gasteiger partial charge in [-0.25, -0.2) is 9.67 Å². The van der Waals surface area contributed by atoms with Crippen LogP contribution in [0.2, 0.25) is 25.7 Å². The van der Waals surface area contributed by atoms with E-state index in [4.69, 9.17) is 19.9 Å². The van der Waals surface area contributed by atoms with Gasteiger partial charge in [0.25, 0.3) is 0 Å². The minimum atomic E-state index is -1.12. The van der Waals surface area contributed by atoms with Gasteiger partial charge in [-0.1, -0.05) is 80.3 Å². The number of hydrazone groups is 1. The predicted molar refractivity (Wildman–Crippen MR) is 173 cm³/mol. The first kappa shape index (κ1) is 27.3. The van der Waals surface area contributed by atoms with E-state index in [-0.39, 0.29) is 5.92 Å². The van der Waals surface area contributed by atoms with E-state index in [1.807, 2.05) is 10.9 Å². The van der Waals surface area contributed by atoms with E-state index >= 15 is 0 Å². The van der Waals surface area contributed by atoms with Crippen molar-refractivity contribution in [3.05, 3.63) is 106 Å². The standard InChI is InChI=1S/C33H38N6OSSi/c1-42(2,3)19-18-40-23-37-17-16-28(36-37)30(25-12-8-5-9-13-25)33-35-32-31(41-33)27-20-34-38(21-24-10-6-4-7-11-24)22-29(27)39(32)26-14-15-26/h4-13,16-17,20,26,30H,14-15,18-19,21-23H2,1-3H3. The summed E-state index contributed by atoms with van der Waals surface area (Å²) in [7, 11) is -1.12. The van der Waals surface area contributed by atoms with Crippen LogP contribution in [-0.2, 0) is 24.6 Å². The second kappa shape index (κ2) is 11.3. The van der Waals surface area contributed by atoms with Crippen LogP contribution in [0.25, 0.3) is 10.3 Å². The molecular formula is C33H38N6OSSi. The molecule has 4 heterocycles. The van der Waals surface area contributed by atoms with E-state index in [1.54, 1.807) is 11.3 Å². The lowest BCUT2D eigenvalue weighted by atomic mass is 9.96. The van der Waals surface area contributed by atoms with E-state index in [2.05, 4.69) is 102 Å². The topological polar surface area (TPSA) is 60.5 Å². The maximum atomic E-state index is 5.99. The molecule has 1 fully saturated rings. The summed E-state index contributed by atoms with van der Waals surface area (Å²) in [6, 6.07) is 25.0. The first-order valence-electron chi connectivity index (χ1n) is 15.0. The fourth-order valence-corrected chi connectivity index (χ4v) is 7.66. The Morgan fingerprint density at radius 3 is 2.50 bits per heavy atom. The van der Waals surface area contributed by atoms with Crippen molar-refractivity contribution in [3.8, 4) is 0 Å². The number of thiazole rings is 1. The molecule has 2 aromatic carbocycles. The van der Waals surface area contributed by atoms with E-state index < -0.39 is 8.07 Å². The summed E-state index contributed by atoms with van der Waals surface area (Å²) in [4.78, 5) is 5.38. The second-order valence-corrected chi connectivity index (χ2v) is 19.3. The van der Waals surface area contributed by atoms with Gasteiger partial charge in [-0.15, -0.1) is 11.3 Å². The van der Waals surface area contributed by atoms with Gasteiger partial charge in [0.1, 0.15) is 11.7 Å². The summed E-state index contributed by atoms with van der Waals surface area (Å²) in [5, 5.41) is 13.1. The fourth-order valence-electron chi connectivity index (χ4n) is 5.67. The summed E-state index contributed by atoms with van der Waals surface area (Å²) >= 11 is 1.80. The lowest BCUT2D eigenvalue weighted by molar-refractivity contribution is 0.0783. The average Bonchev–Trinajstić information content (AvgIpc) is 3.43. The van der Waals surface area contributed by atoms with Crippen LogP contribution in [0, 0.1) is 0 Å². The van der Waals surface area contributed by atoms with E-state index in [9.17, 15) is 0 Å². The molecule has 1 aliphatic heterocycles. The fraction of sp³-hybridized carbons (Fsp3) is 0.364. The highest BCUT2D eigenvalue weighted by Crippen LogP contribution is 2.45. The zero-order valence-electron chi connectivity index (χ0n) is 24.6. The Morgan fingerprint density at radius 1 is 1.00 bits per heavy atom. The van der Waals surface area contributed by atoms with Crippen molar-refractivity contribution < 1.29 is 4.74 Å². The molecule has 0 radical (unpaired) electrons. The van der Waals surface area contributed by atoms with Crippen LogP contribution in [0.1, 0.15) is 57.9 Å². The van der Waals surface area contributed by atoms with Gasteiger partial charge < -0.3 is 9.30 Å². The van der Waals surface area contributed by atoms with Gasteiger partial charge >= 0.3 is 0 Å².